The molecule has 7 heavy (non-hydrogen) atoms. The van der Waals surface area contributed by atoms with Gasteiger partial charge in [-0.15, -0.1) is 0 Å². The van der Waals surface area contributed by atoms with Gasteiger partial charge in [0.15, 0.2) is 0 Å². The SMILES string of the molecule is CN(O)OC1CC1. The third kappa shape index (κ3) is 1.87. The molecule has 0 aromatic rings. The summed E-state index contributed by atoms with van der Waals surface area (Å²) in [4.78, 5) is 4.75. The van der Waals surface area contributed by atoms with Crippen molar-refractivity contribution in [2.45, 2.75) is 18.9 Å². The number of hydroxylamine groups is 2. The summed E-state index contributed by atoms with van der Waals surface area (Å²) in [7, 11) is 1.47. The van der Waals surface area contributed by atoms with E-state index in [2.05, 4.69) is 0 Å². The van der Waals surface area contributed by atoms with Crippen molar-refractivity contribution < 1.29 is 10.0 Å². The second-order valence-electron chi connectivity index (χ2n) is 1.77. The van der Waals surface area contributed by atoms with Gasteiger partial charge in [-0.3, -0.25) is 10.0 Å². The summed E-state index contributed by atoms with van der Waals surface area (Å²) >= 11 is 0. The molecule has 0 aromatic heterocycles. The first-order valence-corrected chi connectivity index (χ1v) is 2.38. The molecule has 1 saturated carbocycles. The number of hydrogen-bond acceptors (Lipinski definition) is 3. The third-order valence-corrected chi connectivity index (χ3v) is 0.826. The molecule has 1 aliphatic rings. The fraction of sp³-hybridized carbons (Fsp3) is 1.00. The Labute approximate surface area is 42.4 Å². The average Bonchev–Trinajstić information content (AvgIpc) is 2.17. The van der Waals surface area contributed by atoms with Gasteiger partial charge in [-0.25, -0.2) is 0 Å². The zero-order chi connectivity index (χ0) is 5.28. The molecule has 0 unspecified atom stereocenters. The van der Waals surface area contributed by atoms with E-state index < -0.39 is 0 Å². The van der Waals surface area contributed by atoms with Gasteiger partial charge in [0.25, 0.3) is 0 Å². The van der Waals surface area contributed by atoms with E-state index in [1.165, 1.54) is 7.05 Å². The number of hydrogen-bond donors (Lipinski definition) is 1. The lowest BCUT2D eigenvalue weighted by molar-refractivity contribution is -0.329. The largest absolute Gasteiger partial charge is 0.290 e. The Morgan fingerprint density at radius 1 is 1.71 bits per heavy atom. The van der Waals surface area contributed by atoms with Gasteiger partial charge < -0.3 is 0 Å². The molecule has 0 aromatic carbocycles. The summed E-state index contributed by atoms with van der Waals surface area (Å²) in [5.41, 5.74) is 0. The van der Waals surface area contributed by atoms with Crippen LogP contribution in [0.3, 0.4) is 0 Å². The van der Waals surface area contributed by atoms with Gasteiger partial charge in [-0.1, -0.05) is 5.23 Å². The second-order valence-corrected chi connectivity index (χ2v) is 1.77. The first-order chi connectivity index (χ1) is 3.29. The lowest BCUT2D eigenvalue weighted by Crippen LogP contribution is -2.14. The molecule has 0 aliphatic heterocycles. The summed E-state index contributed by atoms with van der Waals surface area (Å²) in [5.74, 6) is 0. The normalized spacial score (nSPS) is 21.0. The van der Waals surface area contributed by atoms with Crippen LogP contribution in [0.25, 0.3) is 0 Å². The van der Waals surface area contributed by atoms with Crippen molar-refractivity contribution in [3.63, 3.8) is 0 Å². The molecule has 0 atom stereocenters. The van der Waals surface area contributed by atoms with Crippen molar-refractivity contribution in [3.8, 4) is 0 Å². The smallest absolute Gasteiger partial charge is 0.0821 e. The molecular formula is C4H9NO2. The topological polar surface area (TPSA) is 32.7 Å². The van der Waals surface area contributed by atoms with E-state index in [0.717, 1.165) is 18.1 Å². The van der Waals surface area contributed by atoms with Gasteiger partial charge in [0, 0.05) is 7.05 Å². The molecule has 0 heterocycles. The maximum absolute atomic E-state index is 8.37. The van der Waals surface area contributed by atoms with Crippen LogP contribution in [0.4, 0.5) is 0 Å². The first-order valence-electron chi connectivity index (χ1n) is 2.38. The lowest BCUT2D eigenvalue weighted by atomic mass is 10.9. The Kier molecular flexibility index (Phi) is 1.27. The molecule has 3 heteroatoms. The molecule has 42 valence electrons. The molecule has 0 saturated heterocycles. The highest BCUT2D eigenvalue weighted by Crippen LogP contribution is 2.23. The Morgan fingerprint density at radius 3 is 2.43 bits per heavy atom. The maximum Gasteiger partial charge on any atom is 0.0821 e. The Balaban J connectivity index is 1.97. The van der Waals surface area contributed by atoms with Gasteiger partial charge in [-0.05, 0) is 12.8 Å². The minimum absolute atomic E-state index is 0.301. The molecule has 1 aliphatic carbocycles. The Hall–Kier alpha value is -0.120. The minimum atomic E-state index is 0.301. The van der Waals surface area contributed by atoms with Gasteiger partial charge >= 0.3 is 0 Å². The van der Waals surface area contributed by atoms with Gasteiger partial charge in [0.05, 0.1) is 6.10 Å². The molecule has 1 fully saturated rings. The van der Waals surface area contributed by atoms with Crippen molar-refractivity contribution >= 4 is 0 Å². The maximum atomic E-state index is 8.37. The summed E-state index contributed by atoms with van der Waals surface area (Å²) in [6, 6.07) is 0. The van der Waals surface area contributed by atoms with Crippen molar-refractivity contribution in [2.24, 2.45) is 0 Å². The molecule has 1 N–H and O–H groups in total. The van der Waals surface area contributed by atoms with E-state index in [4.69, 9.17) is 10.0 Å². The van der Waals surface area contributed by atoms with Crippen LogP contribution in [0, 0.1) is 0 Å². The van der Waals surface area contributed by atoms with E-state index in [-0.39, 0.29) is 0 Å². The molecule has 0 amide bonds. The number of rotatable bonds is 2. The average molecular weight is 103 g/mol. The quantitative estimate of drug-likeness (QED) is 0.513. The zero-order valence-electron chi connectivity index (χ0n) is 4.29. The van der Waals surface area contributed by atoms with Crippen LogP contribution in [-0.4, -0.2) is 23.6 Å². The fourth-order valence-corrected chi connectivity index (χ4v) is 0.389. The van der Waals surface area contributed by atoms with Crippen molar-refractivity contribution in [3.05, 3.63) is 0 Å². The van der Waals surface area contributed by atoms with Crippen LogP contribution in [0.1, 0.15) is 12.8 Å². The van der Waals surface area contributed by atoms with E-state index in [0.29, 0.717) is 6.10 Å². The van der Waals surface area contributed by atoms with Crippen LogP contribution in [-0.2, 0) is 4.84 Å². The van der Waals surface area contributed by atoms with Gasteiger partial charge in [0.2, 0.25) is 0 Å². The molecule has 0 radical (unpaired) electrons. The minimum Gasteiger partial charge on any atom is -0.290 e. The van der Waals surface area contributed by atoms with Crippen LogP contribution in [0.2, 0.25) is 0 Å². The van der Waals surface area contributed by atoms with Crippen molar-refractivity contribution in [1.29, 1.82) is 0 Å². The predicted octanol–water partition coefficient (Wildman–Crippen LogP) is 0.401. The Bertz CT molecular complexity index is 60.7. The summed E-state index contributed by atoms with van der Waals surface area (Å²) in [6.45, 7) is 0. The van der Waals surface area contributed by atoms with Crippen LogP contribution >= 0.6 is 0 Å². The van der Waals surface area contributed by atoms with E-state index in [9.17, 15) is 0 Å². The highest BCUT2D eigenvalue weighted by molar-refractivity contribution is 4.71. The monoisotopic (exact) mass is 103 g/mol. The second kappa shape index (κ2) is 1.78. The number of nitrogens with zero attached hydrogens (tertiary/aromatic N) is 1. The van der Waals surface area contributed by atoms with Gasteiger partial charge in [0.1, 0.15) is 0 Å². The van der Waals surface area contributed by atoms with E-state index in [1.54, 1.807) is 0 Å². The van der Waals surface area contributed by atoms with Gasteiger partial charge in [-0.2, -0.15) is 0 Å². The molecule has 1 rings (SSSR count). The van der Waals surface area contributed by atoms with Crippen molar-refractivity contribution in [1.82, 2.24) is 5.23 Å². The highest BCUT2D eigenvalue weighted by Gasteiger charge is 2.23. The standard InChI is InChI=1S/C4H9NO2/c1-5(6)7-4-2-3-4/h4,6H,2-3H2,1H3. The zero-order valence-corrected chi connectivity index (χ0v) is 4.29. The van der Waals surface area contributed by atoms with Crippen LogP contribution < -0.4 is 0 Å². The van der Waals surface area contributed by atoms with Crippen LogP contribution in [0.15, 0.2) is 0 Å². The highest BCUT2D eigenvalue weighted by atomic mass is 16.9. The summed E-state index contributed by atoms with van der Waals surface area (Å²) < 4.78 is 0. The van der Waals surface area contributed by atoms with Crippen LogP contribution in [0.5, 0.6) is 0 Å². The molecular weight excluding hydrogens is 94.0 g/mol. The third-order valence-electron chi connectivity index (χ3n) is 0.826. The van der Waals surface area contributed by atoms with E-state index in [1.807, 2.05) is 0 Å². The Morgan fingerprint density at radius 2 is 2.29 bits per heavy atom. The van der Waals surface area contributed by atoms with E-state index >= 15 is 0 Å². The summed E-state index contributed by atoms with van der Waals surface area (Å²) in [5, 5.41) is 9.14. The fourth-order valence-electron chi connectivity index (χ4n) is 0.389. The lowest BCUT2D eigenvalue weighted by Gasteiger charge is -2.04. The molecule has 3 nitrogen and oxygen atoms in total. The summed E-state index contributed by atoms with van der Waals surface area (Å²) in [6.07, 6.45) is 2.48. The predicted molar refractivity (Wildman–Crippen MR) is 23.7 cm³/mol. The molecule has 0 bridgehead atoms. The molecule has 0 spiro atoms. The first kappa shape index (κ1) is 5.03. The van der Waals surface area contributed by atoms with Crippen molar-refractivity contribution in [2.75, 3.05) is 7.05 Å².